The van der Waals surface area contributed by atoms with Gasteiger partial charge in [-0.15, -0.1) is 0 Å². The first kappa shape index (κ1) is 22.9. The number of carbonyl (C=O) groups is 1. The van der Waals surface area contributed by atoms with Gasteiger partial charge in [-0.05, 0) is 36.6 Å². The number of nitrogens with one attached hydrogen (secondary N) is 1. The van der Waals surface area contributed by atoms with Crippen LogP contribution in [0, 0.1) is 24.0 Å². The van der Waals surface area contributed by atoms with E-state index >= 15 is 0 Å². The van der Waals surface area contributed by atoms with E-state index in [1.54, 1.807) is 29.5 Å². The lowest BCUT2D eigenvalue weighted by Gasteiger charge is -2.34. The number of piperazine rings is 1. The Kier molecular flexibility index (Phi) is 7.00. The summed E-state index contributed by atoms with van der Waals surface area (Å²) in [6, 6.07) is 10.5. The summed E-state index contributed by atoms with van der Waals surface area (Å²) >= 11 is 1.77. The molecule has 2 heterocycles. The van der Waals surface area contributed by atoms with Gasteiger partial charge in [0.2, 0.25) is 5.91 Å². The molecule has 1 aliphatic rings. The molecule has 1 fully saturated rings. The summed E-state index contributed by atoms with van der Waals surface area (Å²) in [4.78, 5) is 32.1. The number of hydrogen-bond donors (Lipinski definition) is 1. The molecule has 1 N–H and O–H groups in total. The van der Waals surface area contributed by atoms with Crippen molar-refractivity contribution in [3.05, 3.63) is 69.3 Å². The SMILES string of the molecule is Cc1ccc(C)c2sc(N3CCN(CCNC(=O)/C=C/c4cccc([N+](=O)[O-])c4)CC3)nc12. The molecule has 3 aromatic rings. The van der Waals surface area contributed by atoms with E-state index in [9.17, 15) is 14.9 Å². The number of anilines is 1. The average molecular weight is 466 g/mol. The van der Waals surface area contributed by atoms with Crippen LogP contribution in [0.2, 0.25) is 0 Å². The third kappa shape index (κ3) is 5.55. The van der Waals surface area contributed by atoms with Gasteiger partial charge in [0.15, 0.2) is 5.13 Å². The number of fused-ring (bicyclic) bond motifs is 1. The zero-order valence-electron chi connectivity index (χ0n) is 18.8. The van der Waals surface area contributed by atoms with E-state index in [1.807, 2.05) is 0 Å². The van der Waals surface area contributed by atoms with Crippen LogP contribution < -0.4 is 10.2 Å². The molecule has 0 unspecified atom stereocenters. The van der Waals surface area contributed by atoms with Gasteiger partial charge in [-0.2, -0.15) is 0 Å². The molecular weight excluding hydrogens is 438 g/mol. The summed E-state index contributed by atoms with van der Waals surface area (Å²) in [7, 11) is 0. The van der Waals surface area contributed by atoms with Crippen LogP contribution in [0.4, 0.5) is 10.8 Å². The van der Waals surface area contributed by atoms with Gasteiger partial charge in [-0.3, -0.25) is 19.8 Å². The fraction of sp³-hybridized carbons (Fsp3) is 0.333. The Morgan fingerprint density at radius 3 is 2.67 bits per heavy atom. The highest BCUT2D eigenvalue weighted by atomic mass is 32.1. The predicted molar refractivity (Wildman–Crippen MR) is 133 cm³/mol. The molecule has 172 valence electrons. The highest BCUT2D eigenvalue weighted by molar-refractivity contribution is 7.22. The van der Waals surface area contributed by atoms with E-state index in [0.29, 0.717) is 12.1 Å². The van der Waals surface area contributed by atoms with Crippen LogP contribution in [0.3, 0.4) is 0 Å². The van der Waals surface area contributed by atoms with E-state index < -0.39 is 4.92 Å². The Labute approximate surface area is 196 Å². The zero-order chi connectivity index (χ0) is 23.4. The highest BCUT2D eigenvalue weighted by Gasteiger charge is 2.20. The molecule has 1 amide bonds. The molecule has 0 aliphatic carbocycles. The van der Waals surface area contributed by atoms with Gasteiger partial charge in [0.1, 0.15) is 0 Å². The van der Waals surface area contributed by atoms with Crippen molar-refractivity contribution in [1.82, 2.24) is 15.2 Å². The van der Waals surface area contributed by atoms with Crippen LogP contribution >= 0.6 is 11.3 Å². The lowest BCUT2D eigenvalue weighted by Crippen LogP contribution is -2.48. The number of nitro groups is 1. The molecule has 0 radical (unpaired) electrons. The van der Waals surface area contributed by atoms with Crippen molar-refractivity contribution in [3.8, 4) is 0 Å². The minimum Gasteiger partial charge on any atom is -0.351 e. The monoisotopic (exact) mass is 465 g/mol. The lowest BCUT2D eigenvalue weighted by atomic mass is 10.1. The molecule has 0 atom stereocenters. The quantitative estimate of drug-likeness (QED) is 0.324. The van der Waals surface area contributed by atoms with Gasteiger partial charge in [-0.1, -0.05) is 35.6 Å². The number of thiazole rings is 1. The standard InChI is InChI=1S/C24H27N5O3S/c1-17-6-7-18(2)23-22(17)26-24(33-23)28-14-12-27(13-15-28)11-10-25-21(30)9-8-19-4-3-5-20(16-19)29(31)32/h3-9,16H,10-15H2,1-2H3,(H,25,30)/b9-8+. The number of nitrogens with zero attached hydrogens (tertiary/aromatic N) is 4. The molecule has 9 heteroatoms. The molecule has 33 heavy (non-hydrogen) atoms. The molecule has 8 nitrogen and oxygen atoms in total. The Bertz CT molecular complexity index is 1160. The number of aromatic nitrogens is 1. The Hall–Kier alpha value is -3.30. The van der Waals surface area contributed by atoms with E-state index in [0.717, 1.165) is 43.4 Å². The van der Waals surface area contributed by atoms with E-state index in [1.165, 1.54) is 34.0 Å². The minimum atomic E-state index is -0.448. The van der Waals surface area contributed by atoms with Crippen molar-refractivity contribution in [1.29, 1.82) is 0 Å². The Morgan fingerprint density at radius 2 is 1.94 bits per heavy atom. The zero-order valence-corrected chi connectivity index (χ0v) is 19.6. The van der Waals surface area contributed by atoms with Gasteiger partial charge in [-0.25, -0.2) is 4.98 Å². The normalized spacial score (nSPS) is 14.8. The second-order valence-corrected chi connectivity index (χ2v) is 9.16. The maximum Gasteiger partial charge on any atom is 0.270 e. The molecule has 0 saturated carbocycles. The lowest BCUT2D eigenvalue weighted by molar-refractivity contribution is -0.384. The molecule has 2 aromatic carbocycles. The van der Waals surface area contributed by atoms with Gasteiger partial charge in [0.25, 0.3) is 5.69 Å². The Balaban J connectivity index is 1.23. The van der Waals surface area contributed by atoms with E-state index in [-0.39, 0.29) is 11.6 Å². The second kappa shape index (κ2) is 10.1. The number of aryl methyl sites for hydroxylation is 2. The third-order valence-corrected chi connectivity index (χ3v) is 7.06. The maximum atomic E-state index is 12.1. The van der Waals surface area contributed by atoms with Crippen LogP contribution in [0.25, 0.3) is 16.3 Å². The van der Waals surface area contributed by atoms with Gasteiger partial charge in [0, 0.05) is 57.5 Å². The van der Waals surface area contributed by atoms with Crippen molar-refractivity contribution in [2.24, 2.45) is 0 Å². The molecule has 0 bridgehead atoms. The molecule has 1 saturated heterocycles. The number of amides is 1. The number of carbonyl (C=O) groups excluding carboxylic acids is 1. The average Bonchev–Trinajstić information content (AvgIpc) is 3.28. The number of benzene rings is 2. The second-order valence-electron chi connectivity index (χ2n) is 8.18. The molecule has 1 aliphatic heterocycles. The van der Waals surface area contributed by atoms with Crippen LogP contribution in [-0.4, -0.2) is 60.0 Å². The van der Waals surface area contributed by atoms with Crippen LogP contribution in [0.15, 0.2) is 42.5 Å². The fourth-order valence-corrected chi connectivity index (χ4v) is 5.02. The molecular formula is C24H27N5O3S. The van der Waals surface area contributed by atoms with Crippen LogP contribution in [-0.2, 0) is 4.79 Å². The Morgan fingerprint density at radius 1 is 1.18 bits per heavy atom. The summed E-state index contributed by atoms with van der Waals surface area (Å²) in [5.41, 5.74) is 4.22. The van der Waals surface area contributed by atoms with Crippen molar-refractivity contribution in [2.75, 3.05) is 44.2 Å². The highest BCUT2D eigenvalue weighted by Crippen LogP contribution is 2.33. The summed E-state index contributed by atoms with van der Waals surface area (Å²) in [5, 5.41) is 14.8. The molecule has 1 aromatic heterocycles. The predicted octanol–water partition coefficient (Wildman–Crippen LogP) is 3.77. The first-order chi connectivity index (χ1) is 15.9. The van der Waals surface area contributed by atoms with Crippen molar-refractivity contribution in [3.63, 3.8) is 0 Å². The summed E-state index contributed by atoms with van der Waals surface area (Å²) < 4.78 is 1.27. The van der Waals surface area contributed by atoms with Gasteiger partial charge in [0.05, 0.1) is 15.1 Å². The van der Waals surface area contributed by atoms with Crippen molar-refractivity contribution >= 4 is 44.4 Å². The van der Waals surface area contributed by atoms with E-state index in [2.05, 4.69) is 41.1 Å². The van der Waals surface area contributed by atoms with Crippen molar-refractivity contribution in [2.45, 2.75) is 13.8 Å². The topological polar surface area (TPSA) is 91.6 Å². The van der Waals surface area contributed by atoms with Crippen LogP contribution in [0.1, 0.15) is 16.7 Å². The third-order valence-electron chi connectivity index (χ3n) is 5.81. The van der Waals surface area contributed by atoms with Crippen LogP contribution in [0.5, 0.6) is 0 Å². The van der Waals surface area contributed by atoms with Gasteiger partial charge < -0.3 is 10.2 Å². The largest absolute Gasteiger partial charge is 0.351 e. The minimum absolute atomic E-state index is 0.00724. The summed E-state index contributed by atoms with van der Waals surface area (Å²) in [5.74, 6) is -0.208. The number of nitro benzene ring substituents is 1. The first-order valence-electron chi connectivity index (χ1n) is 10.9. The molecule has 4 rings (SSSR count). The smallest absolute Gasteiger partial charge is 0.270 e. The van der Waals surface area contributed by atoms with E-state index in [4.69, 9.17) is 4.98 Å². The maximum absolute atomic E-state index is 12.1. The number of hydrogen-bond acceptors (Lipinski definition) is 7. The number of non-ortho nitro benzene ring substituents is 1. The number of rotatable bonds is 7. The first-order valence-corrected chi connectivity index (χ1v) is 11.8. The summed E-state index contributed by atoms with van der Waals surface area (Å²) in [6.07, 6.45) is 3.00. The fourth-order valence-electron chi connectivity index (χ4n) is 3.86. The van der Waals surface area contributed by atoms with Gasteiger partial charge >= 0.3 is 0 Å². The molecule has 0 spiro atoms. The van der Waals surface area contributed by atoms with Crippen molar-refractivity contribution < 1.29 is 9.72 Å². The summed E-state index contributed by atoms with van der Waals surface area (Å²) in [6.45, 7) is 9.25.